The Labute approximate surface area is 228 Å². The monoisotopic (exact) mass is 572 g/mol. The van der Waals surface area contributed by atoms with Crippen molar-refractivity contribution >= 4 is 50.7 Å². The zero-order valence-corrected chi connectivity index (χ0v) is 23.2. The molecule has 2 aromatic carbocycles. The Morgan fingerprint density at radius 2 is 1.64 bits per heavy atom. The number of rotatable bonds is 8. The number of hydrogen-bond acceptors (Lipinski definition) is 4. The largest absolute Gasteiger partial charge is 0.493 e. The van der Waals surface area contributed by atoms with Gasteiger partial charge in [-0.3, -0.25) is 4.79 Å². The molecule has 6 nitrogen and oxygen atoms in total. The minimum atomic E-state index is -3.65. The van der Waals surface area contributed by atoms with E-state index in [1.807, 2.05) is 4.90 Å². The molecule has 0 aromatic heterocycles. The molecule has 0 N–H and O–H groups in total. The molecule has 0 unspecified atom stereocenters. The molecule has 10 heteroatoms. The Morgan fingerprint density at radius 3 is 2.33 bits per heavy atom. The topological polar surface area (TPSA) is 66.9 Å². The molecule has 2 aliphatic rings. The third kappa shape index (κ3) is 7.07. The molecule has 4 rings (SSSR count). The highest BCUT2D eigenvalue weighted by Crippen LogP contribution is 2.37. The molecule has 2 aliphatic heterocycles. The van der Waals surface area contributed by atoms with Crippen molar-refractivity contribution < 1.29 is 17.9 Å². The standard InChI is InChI=1S/C26H31Cl3N2O4S/c27-21-6-8-22(9-7-21)35-19-26(16-25(32)30-12-2-1-3-13-30)11-4-14-31(18-26)36(33,34)17-20-5-10-23(28)24(29)15-20/h5-10,15H,1-4,11-14,16-19H2/t26-/m1/s1. The van der Waals surface area contributed by atoms with Crippen LogP contribution in [0, 0.1) is 5.41 Å². The van der Waals surface area contributed by atoms with Crippen LogP contribution in [0.2, 0.25) is 15.1 Å². The molecule has 0 saturated carbocycles. The Balaban J connectivity index is 1.53. The first-order valence-corrected chi connectivity index (χ1v) is 15.0. The first-order valence-electron chi connectivity index (χ1n) is 12.2. The number of amides is 1. The van der Waals surface area contributed by atoms with E-state index >= 15 is 0 Å². The lowest BCUT2D eigenvalue weighted by Crippen LogP contribution is -2.51. The SMILES string of the molecule is O=C(C[C@]1(COc2ccc(Cl)cc2)CCCN(S(=O)(=O)Cc2ccc(Cl)c(Cl)c2)C1)N1CCCCC1. The molecular weight excluding hydrogens is 543 g/mol. The zero-order chi connectivity index (χ0) is 25.8. The summed E-state index contributed by atoms with van der Waals surface area (Å²) in [6.07, 6.45) is 4.75. The molecule has 2 aromatic rings. The molecule has 0 aliphatic carbocycles. The fourth-order valence-electron chi connectivity index (χ4n) is 4.99. The summed E-state index contributed by atoms with van der Waals surface area (Å²) in [5.74, 6) is 0.524. The van der Waals surface area contributed by atoms with Gasteiger partial charge in [0.05, 0.1) is 22.4 Å². The van der Waals surface area contributed by atoms with Crippen LogP contribution in [0.5, 0.6) is 5.75 Å². The van der Waals surface area contributed by atoms with Gasteiger partial charge in [-0.15, -0.1) is 0 Å². The predicted octanol–water partition coefficient (Wildman–Crippen LogP) is 6.04. The highest BCUT2D eigenvalue weighted by atomic mass is 35.5. The fraction of sp³-hybridized carbons (Fsp3) is 0.500. The maximum absolute atomic E-state index is 13.4. The molecule has 2 heterocycles. The van der Waals surface area contributed by atoms with Crippen LogP contribution < -0.4 is 4.74 Å². The number of hydrogen-bond donors (Lipinski definition) is 0. The van der Waals surface area contributed by atoms with E-state index in [4.69, 9.17) is 39.5 Å². The summed E-state index contributed by atoms with van der Waals surface area (Å²) in [4.78, 5) is 15.2. The van der Waals surface area contributed by atoms with E-state index in [1.165, 1.54) is 4.31 Å². The first kappa shape index (κ1) is 27.5. The second-order valence-corrected chi connectivity index (χ2v) is 13.0. The van der Waals surface area contributed by atoms with Gasteiger partial charge in [-0.25, -0.2) is 12.7 Å². The van der Waals surface area contributed by atoms with Gasteiger partial charge in [0, 0.05) is 43.0 Å². The van der Waals surface area contributed by atoms with Crippen LogP contribution in [0.1, 0.15) is 44.1 Å². The molecule has 0 bridgehead atoms. The van der Waals surface area contributed by atoms with Gasteiger partial charge in [0.15, 0.2) is 0 Å². The average Bonchev–Trinajstić information content (AvgIpc) is 2.86. The van der Waals surface area contributed by atoms with Gasteiger partial charge < -0.3 is 9.64 Å². The van der Waals surface area contributed by atoms with Crippen LogP contribution in [-0.4, -0.2) is 56.3 Å². The van der Waals surface area contributed by atoms with Crippen LogP contribution in [0.4, 0.5) is 0 Å². The molecular formula is C26H31Cl3N2O4S. The van der Waals surface area contributed by atoms with Gasteiger partial charge in [0.2, 0.25) is 15.9 Å². The van der Waals surface area contributed by atoms with Crippen LogP contribution in [0.15, 0.2) is 42.5 Å². The van der Waals surface area contributed by atoms with Crippen molar-refractivity contribution in [2.24, 2.45) is 5.41 Å². The van der Waals surface area contributed by atoms with Crippen LogP contribution >= 0.6 is 34.8 Å². The Morgan fingerprint density at radius 1 is 0.917 bits per heavy atom. The van der Waals surface area contributed by atoms with Crippen LogP contribution in [0.25, 0.3) is 0 Å². The lowest BCUT2D eigenvalue weighted by atomic mass is 9.78. The number of sulfonamides is 1. The minimum absolute atomic E-state index is 0.0677. The highest BCUT2D eigenvalue weighted by Gasteiger charge is 2.42. The summed E-state index contributed by atoms with van der Waals surface area (Å²) < 4.78 is 34.5. The second-order valence-electron chi connectivity index (χ2n) is 9.80. The molecule has 1 amide bonds. The van der Waals surface area contributed by atoms with Gasteiger partial charge in [-0.05, 0) is 74.1 Å². The summed E-state index contributed by atoms with van der Waals surface area (Å²) in [5, 5.41) is 1.31. The van der Waals surface area contributed by atoms with Crippen molar-refractivity contribution in [2.75, 3.05) is 32.8 Å². The van der Waals surface area contributed by atoms with Crippen molar-refractivity contribution in [3.63, 3.8) is 0 Å². The van der Waals surface area contributed by atoms with Gasteiger partial charge in [0.25, 0.3) is 0 Å². The number of ether oxygens (including phenoxy) is 1. The quantitative estimate of drug-likeness (QED) is 0.386. The van der Waals surface area contributed by atoms with Crippen molar-refractivity contribution in [2.45, 2.75) is 44.3 Å². The lowest BCUT2D eigenvalue weighted by molar-refractivity contribution is -0.136. The van der Waals surface area contributed by atoms with E-state index in [2.05, 4.69) is 0 Å². The summed E-state index contributed by atoms with van der Waals surface area (Å²) in [7, 11) is -3.65. The smallest absolute Gasteiger partial charge is 0.223 e. The molecule has 0 radical (unpaired) electrons. The Bertz CT molecular complexity index is 1170. The number of nitrogens with zero attached hydrogens (tertiary/aromatic N) is 2. The van der Waals surface area contributed by atoms with Gasteiger partial charge in [-0.1, -0.05) is 40.9 Å². The Kier molecular flexibility index (Phi) is 9.10. The number of halogens is 3. The van der Waals surface area contributed by atoms with Crippen LogP contribution in [-0.2, 0) is 20.6 Å². The third-order valence-electron chi connectivity index (χ3n) is 6.95. The fourth-order valence-corrected chi connectivity index (χ4v) is 7.10. The zero-order valence-electron chi connectivity index (χ0n) is 20.1. The summed E-state index contributed by atoms with van der Waals surface area (Å²) in [5.41, 5.74) is -0.0562. The van der Waals surface area contributed by atoms with Gasteiger partial charge in [-0.2, -0.15) is 0 Å². The van der Waals surface area contributed by atoms with E-state index in [0.717, 1.165) is 32.4 Å². The number of likely N-dealkylation sites (tertiary alicyclic amines) is 1. The normalized spacial score (nSPS) is 21.4. The van der Waals surface area contributed by atoms with E-state index in [1.54, 1.807) is 42.5 Å². The summed E-state index contributed by atoms with van der Waals surface area (Å²) in [6, 6.07) is 11.9. The molecule has 2 fully saturated rings. The molecule has 0 spiro atoms. The first-order chi connectivity index (χ1) is 17.2. The third-order valence-corrected chi connectivity index (χ3v) is 9.73. The van der Waals surface area contributed by atoms with Crippen molar-refractivity contribution in [1.29, 1.82) is 0 Å². The van der Waals surface area contributed by atoms with E-state index < -0.39 is 15.4 Å². The van der Waals surface area contributed by atoms with E-state index in [0.29, 0.717) is 45.8 Å². The average molecular weight is 574 g/mol. The predicted molar refractivity (Wildman–Crippen MR) is 144 cm³/mol. The van der Waals surface area contributed by atoms with Crippen molar-refractivity contribution in [3.8, 4) is 5.75 Å². The molecule has 1 atom stereocenters. The second kappa shape index (κ2) is 11.9. The van der Waals surface area contributed by atoms with E-state index in [-0.39, 0.29) is 31.2 Å². The summed E-state index contributed by atoms with van der Waals surface area (Å²) >= 11 is 18.1. The number of benzene rings is 2. The minimum Gasteiger partial charge on any atom is -0.493 e. The maximum Gasteiger partial charge on any atom is 0.223 e. The number of carbonyl (C=O) groups excluding carboxylic acids is 1. The van der Waals surface area contributed by atoms with Gasteiger partial charge >= 0.3 is 0 Å². The van der Waals surface area contributed by atoms with Gasteiger partial charge in [0.1, 0.15) is 5.75 Å². The molecule has 2 saturated heterocycles. The molecule has 36 heavy (non-hydrogen) atoms. The Hall–Kier alpha value is -1.51. The summed E-state index contributed by atoms with van der Waals surface area (Å²) in [6.45, 7) is 2.39. The number of piperidine rings is 2. The number of carbonyl (C=O) groups is 1. The van der Waals surface area contributed by atoms with Crippen molar-refractivity contribution in [3.05, 3.63) is 63.1 Å². The highest BCUT2D eigenvalue weighted by molar-refractivity contribution is 7.88. The van der Waals surface area contributed by atoms with Crippen molar-refractivity contribution in [1.82, 2.24) is 9.21 Å². The van der Waals surface area contributed by atoms with Crippen LogP contribution in [0.3, 0.4) is 0 Å². The van der Waals surface area contributed by atoms with E-state index in [9.17, 15) is 13.2 Å². The maximum atomic E-state index is 13.4. The lowest BCUT2D eigenvalue weighted by Gasteiger charge is -2.42. The molecule has 196 valence electrons.